The van der Waals surface area contributed by atoms with Crippen LogP contribution in [0.3, 0.4) is 0 Å². The molecule has 0 radical (unpaired) electrons. The molecule has 1 saturated carbocycles. The highest BCUT2D eigenvalue weighted by Gasteiger charge is 2.57. The summed E-state index contributed by atoms with van der Waals surface area (Å²) in [5.74, 6) is -0.387. The van der Waals surface area contributed by atoms with Crippen molar-refractivity contribution in [1.29, 1.82) is 10.5 Å². The number of fused-ring (bicyclic) bond motifs is 1. The third-order valence-corrected chi connectivity index (χ3v) is 8.77. The summed E-state index contributed by atoms with van der Waals surface area (Å²) in [5.41, 5.74) is 6.83. The van der Waals surface area contributed by atoms with Gasteiger partial charge in [0.05, 0.1) is 35.7 Å². The molecule has 2 fully saturated rings. The molecule has 2 aromatic rings. The van der Waals surface area contributed by atoms with Crippen molar-refractivity contribution in [3.05, 3.63) is 46.3 Å². The van der Waals surface area contributed by atoms with Crippen LogP contribution in [-0.4, -0.2) is 47.7 Å². The van der Waals surface area contributed by atoms with Crippen molar-refractivity contribution >= 4 is 29.1 Å². The number of nitrogens with two attached hydrogens (primary N) is 1. The van der Waals surface area contributed by atoms with E-state index in [9.17, 15) is 20.1 Å². The van der Waals surface area contributed by atoms with Gasteiger partial charge in [0.25, 0.3) is 0 Å². The van der Waals surface area contributed by atoms with Crippen LogP contribution in [0.25, 0.3) is 10.4 Å². The van der Waals surface area contributed by atoms with Crippen LogP contribution in [0.1, 0.15) is 48.1 Å². The molecule has 1 saturated heterocycles. The van der Waals surface area contributed by atoms with Gasteiger partial charge in [-0.15, -0.1) is 11.3 Å². The lowest BCUT2D eigenvalue weighted by atomic mass is 9.84. The van der Waals surface area contributed by atoms with Crippen molar-refractivity contribution in [3.63, 3.8) is 0 Å². The number of benzene rings is 1. The standard InChI is InChI=1S/C26H26N6O2S/c1-31-24(34)20-14-32(23(33)18-5-3-2-4-6-18)15-26(20,30-25(31)29)22-8-7-21(35-22)19-10-16(12-27)9-17(11-19)13-28/h7-11,18,20H,2-6,14-15H2,1H3,(H2,29,30)/t20-,26-/m0/s1. The minimum Gasteiger partial charge on any atom is -0.369 e. The maximum atomic E-state index is 13.4. The van der Waals surface area contributed by atoms with Gasteiger partial charge in [0.1, 0.15) is 5.54 Å². The number of hydrogen-bond donors (Lipinski definition) is 1. The lowest BCUT2D eigenvalue weighted by Gasteiger charge is -2.36. The second-order valence-corrected chi connectivity index (χ2v) is 10.7. The first-order chi connectivity index (χ1) is 16.9. The summed E-state index contributed by atoms with van der Waals surface area (Å²) in [6.45, 7) is 0.639. The van der Waals surface area contributed by atoms with E-state index in [0.717, 1.165) is 41.0 Å². The molecule has 0 spiro atoms. The van der Waals surface area contributed by atoms with Crippen LogP contribution in [-0.2, 0) is 15.1 Å². The van der Waals surface area contributed by atoms with Crippen molar-refractivity contribution in [3.8, 4) is 22.6 Å². The topological polar surface area (TPSA) is 127 Å². The van der Waals surface area contributed by atoms with Crippen molar-refractivity contribution in [2.75, 3.05) is 20.1 Å². The zero-order valence-corrected chi connectivity index (χ0v) is 20.3. The summed E-state index contributed by atoms with van der Waals surface area (Å²) in [6.07, 6.45) is 5.08. The zero-order valence-electron chi connectivity index (χ0n) is 19.5. The van der Waals surface area contributed by atoms with E-state index < -0.39 is 11.5 Å². The van der Waals surface area contributed by atoms with Gasteiger partial charge in [-0.05, 0) is 48.7 Å². The molecule has 2 N–H and O–H groups in total. The number of carbonyl (C=O) groups excluding carboxylic acids is 2. The fourth-order valence-corrected chi connectivity index (χ4v) is 6.74. The average molecular weight is 487 g/mol. The monoisotopic (exact) mass is 486 g/mol. The summed E-state index contributed by atoms with van der Waals surface area (Å²) >= 11 is 1.46. The number of thiophene rings is 1. The molecule has 1 aliphatic carbocycles. The number of nitriles is 2. The molecule has 3 heterocycles. The number of carbonyl (C=O) groups is 2. The van der Waals surface area contributed by atoms with Crippen LogP contribution >= 0.6 is 11.3 Å². The number of nitrogens with zero attached hydrogens (tertiary/aromatic N) is 5. The molecule has 2 aliphatic heterocycles. The van der Waals surface area contributed by atoms with Crippen LogP contribution < -0.4 is 5.73 Å². The smallest absolute Gasteiger partial charge is 0.236 e. The number of amides is 2. The minimum absolute atomic E-state index is 0.00660. The third-order valence-electron chi connectivity index (χ3n) is 7.47. The van der Waals surface area contributed by atoms with Gasteiger partial charge in [-0.25, -0.2) is 4.99 Å². The summed E-state index contributed by atoms with van der Waals surface area (Å²) < 4.78 is 0. The predicted molar refractivity (Wildman–Crippen MR) is 132 cm³/mol. The summed E-state index contributed by atoms with van der Waals surface area (Å²) in [7, 11) is 1.62. The Labute approximate surface area is 208 Å². The molecular formula is C26H26N6O2S. The molecule has 178 valence electrons. The molecule has 1 aromatic heterocycles. The fourth-order valence-electron chi connectivity index (χ4n) is 5.56. The van der Waals surface area contributed by atoms with Gasteiger partial charge >= 0.3 is 0 Å². The van der Waals surface area contributed by atoms with Gasteiger partial charge in [0.15, 0.2) is 5.96 Å². The molecule has 2 amide bonds. The highest BCUT2D eigenvalue weighted by Crippen LogP contribution is 2.48. The third kappa shape index (κ3) is 3.86. The van der Waals surface area contributed by atoms with E-state index in [1.807, 2.05) is 17.0 Å². The van der Waals surface area contributed by atoms with Crippen molar-refractivity contribution < 1.29 is 9.59 Å². The molecule has 0 bridgehead atoms. The SMILES string of the molecule is CN1C(=O)[C@@H]2CN(C(=O)C3CCCCC3)C[C@]2(c2ccc(-c3cc(C#N)cc(C#N)c3)s2)N=C1N. The minimum atomic E-state index is -0.939. The van der Waals surface area contributed by atoms with Crippen molar-refractivity contribution in [2.24, 2.45) is 22.6 Å². The molecular weight excluding hydrogens is 460 g/mol. The number of likely N-dealkylation sites (tertiary alicyclic amines) is 1. The second kappa shape index (κ2) is 8.83. The van der Waals surface area contributed by atoms with E-state index in [2.05, 4.69) is 12.1 Å². The fraction of sp³-hybridized carbons (Fsp3) is 0.423. The maximum absolute atomic E-state index is 13.4. The molecule has 0 unspecified atom stereocenters. The van der Waals surface area contributed by atoms with E-state index >= 15 is 0 Å². The van der Waals surface area contributed by atoms with E-state index in [1.54, 1.807) is 25.2 Å². The van der Waals surface area contributed by atoms with Crippen LogP contribution in [0.4, 0.5) is 0 Å². The molecule has 1 aromatic carbocycles. The number of aliphatic imine (C=N–C) groups is 1. The summed E-state index contributed by atoms with van der Waals surface area (Å²) in [6, 6.07) is 13.1. The van der Waals surface area contributed by atoms with E-state index in [1.165, 1.54) is 22.7 Å². The first-order valence-corrected chi connectivity index (χ1v) is 12.7. The van der Waals surface area contributed by atoms with Gasteiger partial charge in [-0.3, -0.25) is 14.5 Å². The Morgan fingerprint density at radius 1 is 1.14 bits per heavy atom. The molecule has 3 aliphatic rings. The summed E-state index contributed by atoms with van der Waals surface area (Å²) in [5, 5.41) is 18.7. The van der Waals surface area contributed by atoms with Gasteiger partial charge in [-0.1, -0.05) is 19.3 Å². The van der Waals surface area contributed by atoms with Gasteiger partial charge in [0.2, 0.25) is 11.8 Å². The van der Waals surface area contributed by atoms with E-state index in [4.69, 9.17) is 10.7 Å². The Kier molecular flexibility index (Phi) is 5.82. The lowest BCUT2D eigenvalue weighted by molar-refractivity contribution is -0.136. The number of hydrogen-bond acceptors (Lipinski definition) is 7. The average Bonchev–Trinajstić information content (AvgIpc) is 3.54. The van der Waals surface area contributed by atoms with E-state index in [-0.39, 0.29) is 23.7 Å². The Morgan fingerprint density at radius 3 is 2.49 bits per heavy atom. The Morgan fingerprint density at radius 2 is 1.83 bits per heavy atom. The molecule has 2 atom stereocenters. The molecule has 35 heavy (non-hydrogen) atoms. The van der Waals surface area contributed by atoms with Crippen LogP contribution in [0.5, 0.6) is 0 Å². The van der Waals surface area contributed by atoms with Crippen LogP contribution in [0.2, 0.25) is 0 Å². The van der Waals surface area contributed by atoms with Crippen molar-refractivity contribution in [1.82, 2.24) is 9.80 Å². The van der Waals surface area contributed by atoms with Gasteiger partial charge in [-0.2, -0.15) is 10.5 Å². The lowest BCUT2D eigenvalue weighted by Crippen LogP contribution is -2.54. The Bertz CT molecular complexity index is 1280. The van der Waals surface area contributed by atoms with Crippen molar-refractivity contribution in [2.45, 2.75) is 37.6 Å². The Balaban J connectivity index is 1.54. The zero-order chi connectivity index (χ0) is 24.7. The van der Waals surface area contributed by atoms with Crippen LogP contribution in [0.15, 0.2) is 35.3 Å². The first kappa shape index (κ1) is 23.1. The second-order valence-electron chi connectivity index (χ2n) is 9.58. The predicted octanol–water partition coefficient (Wildman–Crippen LogP) is 3.18. The molecule has 9 heteroatoms. The molecule has 8 nitrogen and oxygen atoms in total. The number of rotatable bonds is 3. The largest absolute Gasteiger partial charge is 0.369 e. The highest BCUT2D eigenvalue weighted by atomic mass is 32.1. The first-order valence-electron chi connectivity index (χ1n) is 11.8. The normalized spacial score (nSPS) is 24.5. The Hall–Kier alpha value is -3.69. The number of guanidine groups is 1. The highest BCUT2D eigenvalue weighted by molar-refractivity contribution is 7.15. The van der Waals surface area contributed by atoms with Gasteiger partial charge < -0.3 is 10.6 Å². The van der Waals surface area contributed by atoms with Crippen LogP contribution in [0, 0.1) is 34.5 Å². The summed E-state index contributed by atoms with van der Waals surface area (Å²) in [4.78, 5) is 36.5. The molecule has 5 rings (SSSR count). The maximum Gasteiger partial charge on any atom is 0.236 e. The van der Waals surface area contributed by atoms with Gasteiger partial charge in [0, 0.05) is 29.3 Å². The van der Waals surface area contributed by atoms with E-state index in [0.29, 0.717) is 24.2 Å². The quantitative estimate of drug-likeness (QED) is 0.713.